The Morgan fingerprint density at radius 2 is 1.88 bits per heavy atom. The molecule has 1 aromatic heterocycles. The minimum absolute atomic E-state index is 0.0152. The van der Waals surface area contributed by atoms with Crippen molar-refractivity contribution in [3.05, 3.63) is 44.2 Å². The maximum absolute atomic E-state index is 13.4. The normalized spacial score (nSPS) is 39.2. The molecule has 9 heteroatoms. The lowest BCUT2D eigenvalue weighted by atomic mass is 9.47. The zero-order chi connectivity index (χ0) is 30.7. The van der Waals surface area contributed by atoms with Crippen LogP contribution in [0.25, 0.3) is 0 Å². The predicted molar refractivity (Wildman–Crippen MR) is 160 cm³/mol. The van der Waals surface area contributed by atoms with Crippen molar-refractivity contribution in [1.82, 2.24) is 9.55 Å². The summed E-state index contributed by atoms with van der Waals surface area (Å²) in [6.45, 7) is 10.3. The minimum atomic E-state index is -0.487. The van der Waals surface area contributed by atoms with Crippen molar-refractivity contribution in [2.75, 3.05) is 6.61 Å². The van der Waals surface area contributed by atoms with E-state index in [0.717, 1.165) is 44.9 Å². The summed E-state index contributed by atoms with van der Waals surface area (Å²) in [5.74, 6) is 1.66. The van der Waals surface area contributed by atoms with Crippen molar-refractivity contribution >= 4 is 11.9 Å². The highest BCUT2D eigenvalue weighted by atomic mass is 16.6. The molecule has 9 unspecified atom stereocenters. The summed E-state index contributed by atoms with van der Waals surface area (Å²) in [6.07, 6.45) is 13.1. The van der Waals surface area contributed by atoms with Crippen molar-refractivity contribution in [2.45, 2.75) is 117 Å². The lowest BCUT2D eigenvalue weighted by Gasteiger charge is -2.58. The fourth-order valence-corrected chi connectivity index (χ4v) is 10.1. The van der Waals surface area contributed by atoms with Gasteiger partial charge in [0.1, 0.15) is 18.9 Å². The summed E-state index contributed by atoms with van der Waals surface area (Å²) in [6, 6.07) is 0. The first kappa shape index (κ1) is 30.4. The van der Waals surface area contributed by atoms with Crippen LogP contribution in [0, 0.1) is 47.3 Å². The zero-order valence-corrected chi connectivity index (χ0v) is 26.4. The number of aromatic nitrogens is 2. The maximum atomic E-state index is 13.4. The van der Waals surface area contributed by atoms with Crippen LogP contribution >= 0.6 is 0 Å². The van der Waals surface area contributed by atoms with Gasteiger partial charge in [-0.1, -0.05) is 32.4 Å². The second kappa shape index (κ2) is 11.4. The monoisotopic (exact) mass is 596 g/mol. The Bertz CT molecular complexity index is 1410. The van der Waals surface area contributed by atoms with Gasteiger partial charge in [0, 0.05) is 25.1 Å². The number of nitrogens with zero attached hydrogens (tertiary/aromatic N) is 1. The Labute approximate surface area is 253 Å². The van der Waals surface area contributed by atoms with Crippen LogP contribution in [0.15, 0.2) is 27.4 Å². The van der Waals surface area contributed by atoms with E-state index in [1.54, 1.807) is 6.92 Å². The number of fused-ring (bicyclic) bond motifs is 5. The minimum Gasteiger partial charge on any atom is -0.463 e. The Kier molecular flexibility index (Phi) is 8.01. The van der Waals surface area contributed by atoms with Crippen molar-refractivity contribution < 1.29 is 23.8 Å². The number of hydrogen-bond acceptors (Lipinski definition) is 7. The number of nitrogens with one attached hydrogen (secondary N) is 1. The number of H-pyrrole nitrogens is 1. The molecule has 0 spiro atoms. The van der Waals surface area contributed by atoms with E-state index in [2.05, 4.69) is 24.9 Å². The van der Waals surface area contributed by atoms with Crippen molar-refractivity contribution in [3.63, 3.8) is 0 Å². The molecule has 3 saturated carbocycles. The van der Waals surface area contributed by atoms with Crippen molar-refractivity contribution in [3.8, 4) is 0 Å². The third-order valence-electron chi connectivity index (χ3n) is 12.4. The number of esters is 2. The van der Waals surface area contributed by atoms with E-state index in [4.69, 9.17) is 14.2 Å². The molecule has 0 amide bonds. The smallest absolute Gasteiger partial charge is 0.330 e. The van der Waals surface area contributed by atoms with Gasteiger partial charge in [0.25, 0.3) is 5.56 Å². The Hall–Kier alpha value is -2.68. The first-order valence-electron chi connectivity index (χ1n) is 16.4. The maximum Gasteiger partial charge on any atom is 0.330 e. The van der Waals surface area contributed by atoms with Gasteiger partial charge >= 0.3 is 17.6 Å². The molecule has 1 N–H and O–H groups in total. The highest BCUT2D eigenvalue weighted by Gasteiger charge is 2.60. The topological polar surface area (TPSA) is 117 Å². The molecule has 0 bridgehead atoms. The molecule has 1 saturated heterocycles. The molecule has 2 heterocycles. The number of rotatable bonds is 6. The molecule has 4 aliphatic carbocycles. The highest BCUT2D eigenvalue weighted by molar-refractivity contribution is 5.72. The Morgan fingerprint density at radius 1 is 1.09 bits per heavy atom. The lowest BCUT2D eigenvalue weighted by Crippen LogP contribution is -2.51. The molecule has 5 aliphatic rings. The molecular weight excluding hydrogens is 548 g/mol. The number of ether oxygens (including phenoxy) is 3. The van der Waals surface area contributed by atoms with E-state index in [-0.39, 0.29) is 47.5 Å². The van der Waals surface area contributed by atoms with Gasteiger partial charge in [0.2, 0.25) is 0 Å². The second-order valence-corrected chi connectivity index (χ2v) is 14.6. The van der Waals surface area contributed by atoms with Gasteiger partial charge in [0.15, 0.2) is 0 Å². The quantitative estimate of drug-likeness (QED) is 0.354. The molecule has 4 fully saturated rings. The third-order valence-corrected chi connectivity index (χ3v) is 12.4. The largest absolute Gasteiger partial charge is 0.463 e. The van der Waals surface area contributed by atoms with E-state index < -0.39 is 17.5 Å². The van der Waals surface area contributed by atoms with Gasteiger partial charge in [-0.2, -0.15) is 0 Å². The number of aryl methyl sites for hydroxylation is 1. The van der Waals surface area contributed by atoms with Crippen LogP contribution in [0.5, 0.6) is 0 Å². The second-order valence-electron chi connectivity index (χ2n) is 14.6. The number of aromatic amines is 1. The van der Waals surface area contributed by atoms with Crippen LogP contribution < -0.4 is 11.2 Å². The molecule has 9 nitrogen and oxygen atoms in total. The predicted octanol–water partition coefficient (Wildman–Crippen LogP) is 5.21. The Morgan fingerprint density at radius 3 is 2.65 bits per heavy atom. The van der Waals surface area contributed by atoms with Crippen LogP contribution in [0.2, 0.25) is 0 Å². The van der Waals surface area contributed by atoms with Crippen molar-refractivity contribution in [1.29, 1.82) is 0 Å². The van der Waals surface area contributed by atoms with E-state index >= 15 is 0 Å². The van der Waals surface area contributed by atoms with Crippen LogP contribution in [0.3, 0.4) is 0 Å². The summed E-state index contributed by atoms with van der Waals surface area (Å²) in [5.41, 5.74) is 1.38. The molecule has 236 valence electrons. The highest BCUT2D eigenvalue weighted by Crippen LogP contribution is 2.67. The molecule has 43 heavy (non-hydrogen) atoms. The fraction of sp³-hybridized carbons (Fsp3) is 0.765. The molecule has 1 aliphatic heterocycles. The van der Waals surface area contributed by atoms with E-state index in [1.165, 1.54) is 29.7 Å². The summed E-state index contributed by atoms with van der Waals surface area (Å²) >= 11 is 0. The van der Waals surface area contributed by atoms with Crippen LogP contribution in [0.4, 0.5) is 0 Å². The molecule has 0 radical (unpaired) electrons. The van der Waals surface area contributed by atoms with Crippen LogP contribution in [-0.2, 0) is 23.8 Å². The summed E-state index contributed by atoms with van der Waals surface area (Å²) in [4.78, 5) is 51.3. The number of carbonyl (C=O) groups excluding carboxylic acids is 2. The molecule has 1 aromatic rings. The molecular formula is C34H48N2O7. The number of hydrogen-bond donors (Lipinski definition) is 1. The van der Waals surface area contributed by atoms with E-state index in [9.17, 15) is 19.2 Å². The molecule has 10 atom stereocenters. The van der Waals surface area contributed by atoms with E-state index in [0.29, 0.717) is 42.1 Å². The Balaban J connectivity index is 1.07. The molecule has 6 rings (SSSR count). The average molecular weight is 597 g/mol. The standard InChI is InChI=1S/C34H48N2O7/c1-19-17-36(32(40)35-30(19)38)29-11-7-24(43-29)18-41-31(39)20(2)26-9-10-27-25-8-6-22-16-23(42-21(3)37)12-14-33(22,4)28(25)13-15-34(26,27)5/h6,17,20,23-29H,7-16,18H2,1-5H3,(H,35,38,40)/t20?,23-,24?,25?,26?,27?,28?,29?,33?,34?/m0/s1. The SMILES string of the molecule is CC(=O)O[C@H]1CCC2(C)C(=CCC3C2CCC2(C)C(C(C)C(=O)OCC4CCC(n5cc(C)c(=O)[nH]c5=O)O4)CCC32)C1. The van der Waals surface area contributed by atoms with Gasteiger partial charge in [-0.25, -0.2) is 4.79 Å². The van der Waals surface area contributed by atoms with Gasteiger partial charge in [-0.15, -0.1) is 0 Å². The van der Waals surface area contributed by atoms with Crippen LogP contribution in [-0.4, -0.2) is 40.3 Å². The van der Waals surface area contributed by atoms with Crippen LogP contribution in [0.1, 0.15) is 104 Å². The van der Waals surface area contributed by atoms with Gasteiger partial charge < -0.3 is 14.2 Å². The average Bonchev–Trinajstić information content (AvgIpc) is 3.57. The summed E-state index contributed by atoms with van der Waals surface area (Å²) < 4.78 is 18.9. The van der Waals surface area contributed by atoms with Gasteiger partial charge in [0.05, 0.1) is 12.0 Å². The molecule has 0 aromatic carbocycles. The zero-order valence-electron chi connectivity index (χ0n) is 26.4. The summed E-state index contributed by atoms with van der Waals surface area (Å²) in [5, 5.41) is 0. The summed E-state index contributed by atoms with van der Waals surface area (Å²) in [7, 11) is 0. The van der Waals surface area contributed by atoms with E-state index in [1.807, 2.05) is 6.92 Å². The van der Waals surface area contributed by atoms with Crippen molar-refractivity contribution in [2.24, 2.45) is 40.4 Å². The first-order chi connectivity index (χ1) is 20.4. The lowest BCUT2D eigenvalue weighted by molar-refractivity contribution is -0.157. The fourth-order valence-electron chi connectivity index (χ4n) is 10.1. The third kappa shape index (κ3) is 5.33. The van der Waals surface area contributed by atoms with Gasteiger partial charge in [-0.3, -0.25) is 23.9 Å². The van der Waals surface area contributed by atoms with Gasteiger partial charge in [-0.05, 0) is 99.2 Å². The first-order valence-corrected chi connectivity index (χ1v) is 16.4. The number of carbonyl (C=O) groups is 2. The number of allylic oxidation sites excluding steroid dienone is 1.